The van der Waals surface area contributed by atoms with Gasteiger partial charge in [0.25, 0.3) is 0 Å². The van der Waals surface area contributed by atoms with Crippen molar-refractivity contribution < 1.29 is 14.6 Å². The summed E-state index contributed by atoms with van der Waals surface area (Å²) in [5, 5.41) is 8.95. The number of carboxylic acid groups (broad SMARTS) is 1. The highest BCUT2D eigenvalue weighted by molar-refractivity contribution is 5.87. The first-order valence-corrected chi connectivity index (χ1v) is 5.68. The number of aryl methyl sites for hydroxylation is 1. The molecule has 1 aromatic carbocycles. The van der Waals surface area contributed by atoms with Gasteiger partial charge in [-0.1, -0.05) is 18.2 Å². The molecule has 0 saturated carbocycles. The lowest BCUT2D eigenvalue weighted by molar-refractivity contribution is 0.0694. The van der Waals surface area contributed by atoms with Crippen LogP contribution in [0.4, 0.5) is 0 Å². The molecular formula is C14H13NO4. The lowest BCUT2D eigenvalue weighted by Gasteiger charge is -2.08. The third kappa shape index (κ3) is 3.01. The Morgan fingerprint density at radius 3 is 2.58 bits per heavy atom. The molecule has 0 fully saturated rings. The predicted molar refractivity (Wildman–Crippen MR) is 69.4 cm³/mol. The highest BCUT2D eigenvalue weighted by Gasteiger charge is 2.13. The van der Waals surface area contributed by atoms with Crippen molar-refractivity contribution in [2.75, 3.05) is 0 Å². The Labute approximate surface area is 109 Å². The number of pyridine rings is 1. The van der Waals surface area contributed by atoms with E-state index in [1.54, 1.807) is 25.4 Å². The minimum absolute atomic E-state index is 0.0395. The lowest BCUT2D eigenvalue weighted by Crippen LogP contribution is -2.22. The summed E-state index contributed by atoms with van der Waals surface area (Å²) in [5.41, 5.74) is -0.454. The van der Waals surface area contributed by atoms with Gasteiger partial charge >= 0.3 is 5.97 Å². The maximum atomic E-state index is 11.9. The van der Waals surface area contributed by atoms with E-state index in [0.29, 0.717) is 11.3 Å². The van der Waals surface area contributed by atoms with Crippen molar-refractivity contribution >= 4 is 5.97 Å². The average molecular weight is 259 g/mol. The van der Waals surface area contributed by atoms with Gasteiger partial charge in [-0.2, -0.15) is 0 Å². The molecule has 0 aliphatic rings. The van der Waals surface area contributed by atoms with Crippen molar-refractivity contribution in [3.8, 4) is 5.75 Å². The van der Waals surface area contributed by atoms with Gasteiger partial charge in [-0.15, -0.1) is 0 Å². The SMILES string of the molecule is Cn1cc(COc2ccccc2)c(=O)c(C(=O)O)c1. The van der Waals surface area contributed by atoms with Gasteiger partial charge < -0.3 is 14.4 Å². The van der Waals surface area contributed by atoms with Crippen LogP contribution in [0.5, 0.6) is 5.75 Å². The van der Waals surface area contributed by atoms with Crippen LogP contribution in [0, 0.1) is 0 Å². The number of hydrogen-bond donors (Lipinski definition) is 1. The molecular weight excluding hydrogens is 246 g/mol. The Kier molecular flexibility index (Phi) is 3.66. The fraction of sp³-hybridized carbons (Fsp3) is 0.143. The molecule has 0 aliphatic carbocycles. The van der Waals surface area contributed by atoms with E-state index in [9.17, 15) is 9.59 Å². The summed E-state index contributed by atoms with van der Waals surface area (Å²) < 4.78 is 6.99. The van der Waals surface area contributed by atoms with Crippen molar-refractivity contribution in [1.29, 1.82) is 0 Å². The summed E-state index contributed by atoms with van der Waals surface area (Å²) in [7, 11) is 1.66. The van der Waals surface area contributed by atoms with Gasteiger partial charge in [0.05, 0.1) is 5.56 Å². The molecule has 19 heavy (non-hydrogen) atoms. The summed E-state index contributed by atoms with van der Waals surface area (Å²) >= 11 is 0. The first-order chi connectivity index (χ1) is 9.08. The van der Waals surface area contributed by atoms with E-state index in [0.717, 1.165) is 0 Å². The minimum atomic E-state index is -1.23. The normalized spacial score (nSPS) is 10.2. The number of nitrogens with zero attached hydrogens (tertiary/aromatic N) is 1. The number of benzene rings is 1. The van der Waals surface area contributed by atoms with Crippen molar-refractivity contribution in [3.63, 3.8) is 0 Å². The molecule has 0 unspecified atom stereocenters. The topological polar surface area (TPSA) is 68.5 Å². The predicted octanol–water partition coefficient (Wildman–Crippen LogP) is 1.66. The van der Waals surface area contributed by atoms with Gasteiger partial charge in [0, 0.05) is 19.4 Å². The second-order valence-electron chi connectivity index (χ2n) is 4.10. The summed E-state index contributed by atoms with van der Waals surface area (Å²) in [4.78, 5) is 22.9. The van der Waals surface area contributed by atoms with Crippen molar-refractivity contribution in [1.82, 2.24) is 4.57 Å². The van der Waals surface area contributed by atoms with E-state index in [1.165, 1.54) is 10.8 Å². The zero-order valence-electron chi connectivity index (χ0n) is 10.4. The van der Waals surface area contributed by atoms with Crippen LogP contribution in [0.1, 0.15) is 15.9 Å². The number of ether oxygens (including phenoxy) is 1. The van der Waals surface area contributed by atoms with E-state index in [1.807, 2.05) is 18.2 Å². The third-order valence-electron chi connectivity index (χ3n) is 2.60. The van der Waals surface area contributed by atoms with Crippen LogP contribution in [0.2, 0.25) is 0 Å². The average Bonchev–Trinajstić information content (AvgIpc) is 2.40. The second kappa shape index (κ2) is 5.39. The van der Waals surface area contributed by atoms with E-state index in [-0.39, 0.29) is 12.2 Å². The molecule has 0 bridgehead atoms. The Balaban J connectivity index is 2.26. The van der Waals surface area contributed by atoms with Crippen molar-refractivity contribution in [2.24, 2.45) is 7.05 Å². The quantitative estimate of drug-likeness (QED) is 0.906. The molecule has 0 radical (unpaired) electrons. The van der Waals surface area contributed by atoms with Crippen LogP contribution in [0.25, 0.3) is 0 Å². The second-order valence-corrected chi connectivity index (χ2v) is 4.10. The molecule has 0 atom stereocenters. The molecule has 5 heteroatoms. The number of aromatic carboxylic acids is 1. The van der Waals surface area contributed by atoms with Gasteiger partial charge in [0.2, 0.25) is 5.43 Å². The van der Waals surface area contributed by atoms with E-state index in [4.69, 9.17) is 9.84 Å². The zero-order chi connectivity index (χ0) is 13.8. The molecule has 1 N–H and O–H groups in total. The number of para-hydroxylation sites is 1. The summed E-state index contributed by atoms with van der Waals surface area (Å²) in [6, 6.07) is 9.04. The fourth-order valence-electron chi connectivity index (χ4n) is 1.71. The van der Waals surface area contributed by atoms with Gasteiger partial charge in [0.15, 0.2) is 0 Å². The molecule has 0 saturated heterocycles. The monoisotopic (exact) mass is 259 g/mol. The molecule has 5 nitrogen and oxygen atoms in total. The maximum absolute atomic E-state index is 11.9. The van der Waals surface area contributed by atoms with Crippen LogP contribution in [-0.2, 0) is 13.7 Å². The maximum Gasteiger partial charge on any atom is 0.341 e. The smallest absolute Gasteiger partial charge is 0.341 e. The van der Waals surface area contributed by atoms with E-state index >= 15 is 0 Å². The van der Waals surface area contributed by atoms with Crippen molar-refractivity contribution in [2.45, 2.75) is 6.61 Å². The van der Waals surface area contributed by atoms with Crippen LogP contribution >= 0.6 is 0 Å². The molecule has 1 heterocycles. The summed E-state index contributed by atoms with van der Waals surface area (Å²) in [6.07, 6.45) is 2.86. The molecule has 0 aliphatic heterocycles. The van der Waals surface area contributed by atoms with Gasteiger partial charge in [-0.05, 0) is 12.1 Å². The first-order valence-electron chi connectivity index (χ1n) is 5.68. The fourth-order valence-corrected chi connectivity index (χ4v) is 1.71. The number of hydrogen-bond acceptors (Lipinski definition) is 3. The number of carboxylic acids is 1. The van der Waals surface area contributed by atoms with Crippen LogP contribution < -0.4 is 10.2 Å². The minimum Gasteiger partial charge on any atom is -0.489 e. The van der Waals surface area contributed by atoms with E-state index < -0.39 is 11.4 Å². The number of rotatable bonds is 4. The molecule has 0 spiro atoms. The Morgan fingerprint density at radius 1 is 1.26 bits per heavy atom. The van der Waals surface area contributed by atoms with Gasteiger partial charge in [0.1, 0.15) is 17.9 Å². The van der Waals surface area contributed by atoms with Crippen LogP contribution in [0.3, 0.4) is 0 Å². The molecule has 2 rings (SSSR count). The lowest BCUT2D eigenvalue weighted by atomic mass is 10.2. The zero-order valence-corrected chi connectivity index (χ0v) is 10.4. The molecule has 2 aromatic rings. The Bertz CT molecular complexity index is 646. The molecule has 0 amide bonds. The van der Waals surface area contributed by atoms with Gasteiger partial charge in [-0.3, -0.25) is 4.79 Å². The standard InChI is InChI=1S/C14H13NO4/c1-15-7-10(13(16)12(8-15)14(17)18)9-19-11-5-3-2-4-6-11/h2-8H,9H2,1H3,(H,17,18). The van der Waals surface area contributed by atoms with Crippen LogP contribution in [-0.4, -0.2) is 15.6 Å². The Morgan fingerprint density at radius 2 is 1.95 bits per heavy atom. The largest absolute Gasteiger partial charge is 0.489 e. The summed E-state index contributed by atoms with van der Waals surface area (Å²) in [6.45, 7) is 0.0395. The van der Waals surface area contributed by atoms with E-state index in [2.05, 4.69) is 0 Å². The summed E-state index contributed by atoms with van der Waals surface area (Å²) in [5.74, 6) is -0.604. The number of aromatic nitrogens is 1. The number of carbonyl (C=O) groups is 1. The first kappa shape index (κ1) is 12.9. The van der Waals surface area contributed by atoms with Crippen molar-refractivity contribution in [3.05, 3.63) is 64.1 Å². The van der Waals surface area contributed by atoms with Crippen LogP contribution in [0.15, 0.2) is 47.5 Å². The highest BCUT2D eigenvalue weighted by atomic mass is 16.5. The Hall–Kier alpha value is -2.56. The highest BCUT2D eigenvalue weighted by Crippen LogP contribution is 2.10. The third-order valence-corrected chi connectivity index (χ3v) is 2.60. The molecule has 1 aromatic heterocycles. The van der Waals surface area contributed by atoms with Gasteiger partial charge in [-0.25, -0.2) is 4.79 Å². The molecule has 98 valence electrons.